The zero-order valence-corrected chi connectivity index (χ0v) is 13.3. The van der Waals surface area contributed by atoms with E-state index in [-0.39, 0.29) is 5.75 Å². The van der Waals surface area contributed by atoms with Gasteiger partial charge in [0, 0.05) is 31.1 Å². The fourth-order valence-electron chi connectivity index (χ4n) is 2.27. The lowest BCUT2D eigenvalue weighted by atomic mass is 10.2. The highest BCUT2D eigenvalue weighted by molar-refractivity contribution is 5.82. The Hall–Kier alpha value is -2.49. The number of ether oxygens (including phenoxy) is 1. The van der Waals surface area contributed by atoms with E-state index in [2.05, 4.69) is 35.9 Å². The minimum absolute atomic E-state index is 0.0917. The molecule has 0 saturated heterocycles. The van der Waals surface area contributed by atoms with Gasteiger partial charge in [-0.15, -0.1) is 0 Å². The van der Waals surface area contributed by atoms with Crippen molar-refractivity contribution in [1.29, 1.82) is 0 Å². The predicted molar refractivity (Wildman–Crippen MR) is 91.9 cm³/mol. The lowest BCUT2D eigenvalue weighted by Crippen LogP contribution is -2.21. The zero-order chi connectivity index (χ0) is 15.9. The first-order chi connectivity index (χ1) is 10.7. The van der Waals surface area contributed by atoms with E-state index in [1.807, 2.05) is 12.1 Å². The maximum atomic E-state index is 9.74. The zero-order valence-electron chi connectivity index (χ0n) is 13.3. The van der Waals surface area contributed by atoms with Crippen LogP contribution >= 0.6 is 0 Å². The van der Waals surface area contributed by atoms with Gasteiger partial charge in [0.25, 0.3) is 0 Å². The number of benzene rings is 2. The first kappa shape index (κ1) is 15.9. The topological polar surface area (TPSA) is 45.1 Å². The molecule has 0 spiro atoms. The molecule has 0 saturated carbocycles. The van der Waals surface area contributed by atoms with Crippen LogP contribution in [0.1, 0.15) is 19.4 Å². The largest absolute Gasteiger partial charge is 0.504 e. The number of hydrogen-bond acceptors (Lipinski definition) is 4. The normalized spacial score (nSPS) is 10.9. The molecule has 116 valence electrons. The van der Waals surface area contributed by atoms with Gasteiger partial charge in [0.2, 0.25) is 0 Å². The maximum Gasteiger partial charge on any atom is 0.160 e. The molecule has 22 heavy (non-hydrogen) atoms. The van der Waals surface area contributed by atoms with E-state index in [1.54, 1.807) is 24.4 Å². The van der Waals surface area contributed by atoms with Gasteiger partial charge in [-0.1, -0.05) is 12.1 Å². The Morgan fingerprint density at radius 3 is 2.32 bits per heavy atom. The molecule has 0 aliphatic heterocycles. The second kappa shape index (κ2) is 7.50. The minimum Gasteiger partial charge on any atom is -0.504 e. The van der Waals surface area contributed by atoms with Crippen molar-refractivity contribution in [2.45, 2.75) is 13.8 Å². The number of methoxy groups -OCH3 is 1. The number of nitrogens with zero attached hydrogens (tertiary/aromatic N) is 2. The van der Waals surface area contributed by atoms with Crippen molar-refractivity contribution < 1.29 is 9.84 Å². The molecule has 0 aliphatic carbocycles. The Bertz CT molecular complexity index is 632. The van der Waals surface area contributed by atoms with Gasteiger partial charge in [-0.25, -0.2) is 0 Å². The predicted octanol–water partition coefficient (Wildman–Crippen LogP) is 4.00. The summed E-state index contributed by atoms with van der Waals surface area (Å²) in [6, 6.07) is 13.4. The standard InChI is InChI=1S/C18H22N2O2/c1-4-20(5-2)16-9-6-14(7-10-16)13-19-15-8-11-18(22-3)17(21)12-15/h6-13,21H,4-5H2,1-3H3/b19-13+. The summed E-state index contributed by atoms with van der Waals surface area (Å²) in [6.45, 7) is 6.29. The summed E-state index contributed by atoms with van der Waals surface area (Å²) in [5.74, 6) is 0.538. The molecule has 0 radical (unpaired) electrons. The van der Waals surface area contributed by atoms with Crippen molar-refractivity contribution in [2.24, 2.45) is 4.99 Å². The van der Waals surface area contributed by atoms with Crippen LogP contribution in [0, 0.1) is 0 Å². The molecule has 0 heterocycles. The van der Waals surface area contributed by atoms with Gasteiger partial charge < -0.3 is 14.7 Å². The summed E-state index contributed by atoms with van der Waals surface area (Å²) in [4.78, 5) is 6.67. The number of aliphatic imine (C=N–C) groups is 1. The van der Waals surface area contributed by atoms with E-state index < -0.39 is 0 Å². The number of hydrogen-bond donors (Lipinski definition) is 1. The third-order valence-corrected chi connectivity index (χ3v) is 3.55. The molecular weight excluding hydrogens is 276 g/mol. The Morgan fingerprint density at radius 2 is 1.77 bits per heavy atom. The Labute approximate surface area is 131 Å². The SMILES string of the molecule is CCN(CC)c1ccc(/C=N/c2ccc(OC)c(O)c2)cc1. The summed E-state index contributed by atoms with van der Waals surface area (Å²) in [5.41, 5.74) is 2.92. The van der Waals surface area contributed by atoms with Crippen molar-refractivity contribution in [3.05, 3.63) is 48.0 Å². The first-order valence-corrected chi connectivity index (χ1v) is 7.44. The second-order valence-corrected chi connectivity index (χ2v) is 4.88. The number of rotatable bonds is 6. The lowest BCUT2D eigenvalue weighted by Gasteiger charge is -2.20. The Kier molecular flexibility index (Phi) is 5.42. The molecule has 4 heteroatoms. The third-order valence-electron chi connectivity index (χ3n) is 3.55. The average molecular weight is 298 g/mol. The maximum absolute atomic E-state index is 9.74. The lowest BCUT2D eigenvalue weighted by molar-refractivity contribution is 0.373. The molecule has 0 amide bonds. The Balaban J connectivity index is 2.11. The minimum atomic E-state index is 0.0917. The van der Waals surface area contributed by atoms with E-state index in [4.69, 9.17) is 4.74 Å². The Morgan fingerprint density at radius 1 is 1.09 bits per heavy atom. The van der Waals surface area contributed by atoms with Gasteiger partial charge in [0.05, 0.1) is 12.8 Å². The van der Waals surface area contributed by atoms with E-state index >= 15 is 0 Å². The number of phenols is 1. The van der Waals surface area contributed by atoms with Crippen molar-refractivity contribution in [3.63, 3.8) is 0 Å². The number of aromatic hydroxyl groups is 1. The summed E-state index contributed by atoms with van der Waals surface area (Å²) in [7, 11) is 1.52. The highest BCUT2D eigenvalue weighted by Gasteiger charge is 2.02. The molecule has 4 nitrogen and oxygen atoms in total. The van der Waals surface area contributed by atoms with Crippen molar-refractivity contribution in [1.82, 2.24) is 0 Å². The van der Waals surface area contributed by atoms with E-state index in [9.17, 15) is 5.11 Å². The van der Waals surface area contributed by atoms with Crippen LogP contribution in [0.15, 0.2) is 47.5 Å². The van der Waals surface area contributed by atoms with Crippen molar-refractivity contribution >= 4 is 17.6 Å². The van der Waals surface area contributed by atoms with Crippen LogP contribution in [0.25, 0.3) is 0 Å². The molecule has 2 rings (SSSR count). The highest BCUT2D eigenvalue weighted by Crippen LogP contribution is 2.29. The fourth-order valence-corrected chi connectivity index (χ4v) is 2.27. The van der Waals surface area contributed by atoms with E-state index in [0.29, 0.717) is 11.4 Å². The van der Waals surface area contributed by atoms with Gasteiger partial charge in [-0.05, 0) is 43.7 Å². The van der Waals surface area contributed by atoms with E-state index in [1.165, 1.54) is 12.8 Å². The quantitative estimate of drug-likeness (QED) is 0.820. The average Bonchev–Trinajstić information content (AvgIpc) is 2.55. The van der Waals surface area contributed by atoms with Crippen LogP contribution in [0.3, 0.4) is 0 Å². The molecule has 0 aliphatic rings. The molecule has 0 atom stereocenters. The highest BCUT2D eigenvalue weighted by atomic mass is 16.5. The number of phenolic OH excluding ortho intramolecular Hbond substituents is 1. The smallest absolute Gasteiger partial charge is 0.160 e. The van der Waals surface area contributed by atoms with Crippen LogP contribution < -0.4 is 9.64 Å². The van der Waals surface area contributed by atoms with Crippen LogP contribution in [0.5, 0.6) is 11.5 Å². The monoisotopic (exact) mass is 298 g/mol. The van der Waals surface area contributed by atoms with E-state index in [0.717, 1.165) is 18.7 Å². The molecule has 0 bridgehead atoms. The van der Waals surface area contributed by atoms with Crippen LogP contribution in [-0.4, -0.2) is 31.5 Å². The second-order valence-electron chi connectivity index (χ2n) is 4.88. The first-order valence-electron chi connectivity index (χ1n) is 7.44. The molecule has 0 fully saturated rings. The fraction of sp³-hybridized carbons (Fsp3) is 0.278. The molecule has 1 N–H and O–H groups in total. The van der Waals surface area contributed by atoms with Gasteiger partial charge in [0.15, 0.2) is 11.5 Å². The van der Waals surface area contributed by atoms with Crippen molar-refractivity contribution in [3.8, 4) is 11.5 Å². The summed E-state index contributed by atoms with van der Waals surface area (Å²) in [6.07, 6.45) is 1.78. The molecular formula is C18H22N2O2. The van der Waals surface area contributed by atoms with Crippen molar-refractivity contribution in [2.75, 3.05) is 25.1 Å². The molecule has 2 aromatic carbocycles. The van der Waals surface area contributed by atoms with Crippen LogP contribution in [0.4, 0.5) is 11.4 Å². The van der Waals surface area contributed by atoms with Gasteiger partial charge in [-0.2, -0.15) is 0 Å². The molecule has 2 aromatic rings. The molecule has 0 unspecified atom stereocenters. The third kappa shape index (κ3) is 3.79. The van der Waals surface area contributed by atoms with Gasteiger partial charge >= 0.3 is 0 Å². The molecule has 0 aromatic heterocycles. The summed E-state index contributed by atoms with van der Waals surface area (Å²) < 4.78 is 5.01. The number of anilines is 1. The van der Waals surface area contributed by atoms with Gasteiger partial charge in [-0.3, -0.25) is 4.99 Å². The summed E-state index contributed by atoms with van der Waals surface area (Å²) in [5, 5.41) is 9.74. The van der Waals surface area contributed by atoms with Gasteiger partial charge in [0.1, 0.15) is 0 Å². The van der Waals surface area contributed by atoms with Crippen LogP contribution in [-0.2, 0) is 0 Å². The summed E-state index contributed by atoms with van der Waals surface area (Å²) >= 11 is 0. The van der Waals surface area contributed by atoms with Crippen LogP contribution in [0.2, 0.25) is 0 Å².